The van der Waals surface area contributed by atoms with E-state index in [1.165, 1.54) is 0 Å². The number of ether oxygens (including phenoxy) is 1. The maximum atomic E-state index is 13.1. The van der Waals surface area contributed by atoms with Crippen molar-refractivity contribution in [3.8, 4) is 5.75 Å². The lowest BCUT2D eigenvalue weighted by Gasteiger charge is -2.37. The monoisotopic (exact) mass is 543 g/mol. The van der Waals surface area contributed by atoms with Crippen molar-refractivity contribution < 1.29 is 18.7 Å². The summed E-state index contributed by atoms with van der Waals surface area (Å²) in [7, 11) is 3.21. The average molecular weight is 543 g/mol. The molecule has 1 aromatic carbocycles. The fourth-order valence-electron chi connectivity index (χ4n) is 3.68. The number of nitrogens with one attached hydrogen (secondary N) is 1. The molecule has 2 aromatic rings. The fraction of sp³-hybridized carbons (Fsp3) is 0.476. The predicted molar refractivity (Wildman–Crippen MR) is 124 cm³/mol. The molecule has 2 amide bonds. The van der Waals surface area contributed by atoms with Gasteiger partial charge in [-0.05, 0) is 48.1 Å². The van der Waals surface area contributed by atoms with Crippen LogP contribution in [0.5, 0.6) is 5.75 Å². The molecular weight excluding hydrogens is 516 g/mol. The quantitative estimate of drug-likeness (QED) is 0.566. The van der Waals surface area contributed by atoms with E-state index in [4.69, 9.17) is 4.74 Å². The van der Waals surface area contributed by atoms with Gasteiger partial charge in [-0.2, -0.15) is 5.10 Å². The molecule has 0 bridgehead atoms. The first-order chi connectivity index (χ1) is 14.8. The zero-order valence-electron chi connectivity index (χ0n) is 18.2. The SMILES string of the molecule is CNC(=O)c1cc(I)c(OC)cc1N1CCN(C(=O)Cn2nc(CF)c(C)c2C)CC1. The van der Waals surface area contributed by atoms with Crippen LogP contribution in [0.15, 0.2) is 12.1 Å². The minimum atomic E-state index is -0.639. The van der Waals surface area contributed by atoms with Crippen LogP contribution in [0.2, 0.25) is 0 Å². The number of benzene rings is 1. The number of halogens is 2. The maximum absolute atomic E-state index is 13.1. The first-order valence-electron chi connectivity index (χ1n) is 10.0. The van der Waals surface area contributed by atoms with Crippen molar-refractivity contribution in [2.24, 2.45) is 0 Å². The maximum Gasteiger partial charge on any atom is 0.253 e. The Kier molecular flexibility index (Phi) is 7.39. The second-order valence-corrected chi connectivity index (χ2v) is 8.56. The van der Waals surface area contributed by atoms with Crippen molar-refractivity contribution in [1.29, 1.82) is 0 Å². The number of methoxy groups -OCH3 is 1. The van der Waals surface area contributed by atoms with E-state index < -0.39 is 6.67 Å². The van der Waals surface area contributed by atoms with Crippen LogP contribution in [-0.4, -0.2) is 66.8 Å². The molecule has 0 radical (unpaired) electrons. The second kappa shape index (κ2) is 9.84. The highest BCUT2D eigenvalue weighted by Gasteiger charge is 2.26. The van der Waals surface area contributed by atoms with Gasteiger partial charge in [0.1, 0.15) is 19.0 Å². The number of nitrogens with zero attached hydrogens (tertiary/aromatic N) is 4. The largest absolute Gasteiger partial charge is 0.496 e. The molecule has 0 atom stereocenters. The zero-order chi connectivity index (χ0) is 22.7. The van der Waals surface area contributed by atoms with E-state index in [0.717, 1.165) is 20.5 Å². The summed E-state index contributed by atoms with van der Waals surface area (Å²) in [6, 6.07) is 3.69. The van der Waals surface area contributed by atoms with Crippen LogP contribution in [0.1, 0.15) is 27.3 Å². The molecule has 1 saturated heterocycles. The Labute approximate surface area is 194 Å². The number of hydrogen-bond donors (Lipinski definition) is 1. The first-order valence-corrected chi connectivity index (χ1v) is 11.1. The van der Waals surface area contributed by atoms with Gasteiger partial charge in [-0.15, -0.1) is 0 Å². The van der Waals surface area contributed by atoms with E-state index in [1.807, 2.05) is 26.0 Å². The summed E-state index contributed by atoms with van der Waals surface area (Å²) in [4.78, 5) is 29.1. The number of piperazine rings is 1. The average Bonchev–Trinajstić information content (AvgIpc) is 3.06. The summed E-state index contributed by atoms with van der Waals surface area (Å²) in [6.45, 7) is 5.34. The molecule has 3 rings (SSSR count). The lowest BCUT2D eigenvalue weighted by molar-refractivity contribution is -0.132. The van der Waals surface area contributed by atoms with Crippen molar-refractivity contribution in [2.75, 3.05) is 45.2 Å². The standard InChI is InChI=1S/C21H27FIN5O3/c1-13-14(2)28(25-17(13)11-22)12-20(29)27-7-5-26(6-8-27)18-10-19(31-4)16(23)9-15(18)21(30)24-3/h9-10H,5-8,11-12H2,1-4H3,(H,24,30). The molecule has 168 valence electrons. The van der Waals surface area contributed by atoms with Crippen LogP contribution in [0.25, 0.3) is 0 Å². The van der Waals surface area contributed by atoms with Gasteiger partial charge in [0.2, 0.25) is 5.91 Å². The van der Waals surface area contributed by atoms with Crippen molar-refractivity contribution in [3.63, 3.8) is 0 Å². The second-order valence-electron chi connectivity index (χ2n) is 7.40. The van der Waals surface area contributed by atoms with E-state index in [0.29, 0.717) is 43.2 Å². The van der Waals surface area contributed by atoms with Crippen molar-refractivity contribution >= 4 is 40.1 Å². The first kappa shape index (κ1) is 23.3. The molecule has 1 aromatic heterocycles. The molecule has 0 aliphatic carbocycles. The smallest absolute Gasteiger partial charge is 0.253 e. The molecular formula is C21H27FIN5O3. The highest BCUT2D eigenvalue weighted by Crippen LogP contribution is 2.32. The van der Waals surface area contributed by atoms with Gasteiger partial charge in [0.25, 0.3) is 5.91 Å². The molecule has 1 N–H and O–H groups in total. The van der Waals surface area contributed by atoms with E-state index >= 15 is 0 Å². The number of rotatable bonds is 6. The normalized spacial score (nSPS) is 14.0. The molecule has 10 heteroatoms. The molecule has 0 spiro atoms. The summed E-state index contributed by atoms with van der Waals surface area (Å²) in [6.07, 6.45) is 0. The third-order valence-electron chi connectivity index (χ3n) is 5.73. The molecule has 8 nitrogen and oxygen atoms in total. The Morgan fingerprint density at radius 1 is 1.23 bits per heavy atom. The summed E-state index contributed by atoms with van der Waals surface area (Å²) in [5.41, 5.74) is 3.34. The Morgan fingerprint density at radius 2 is 1.90 bits per heavy atom. The minimum Gasteiger partial charge on any atom is -0.496 e. The van der Waals surface area contributed by atoms with Gasteiger partial charge in [0, 0.05) is 45.0 Å². The van der Waals surface area contributed by atoms with Gasteiger partial charge in [-0.25, -0.2) is 4.39 Å². The lowest BCUT2D eigenvalue weighted by Crippen LogP contribution is -2.50. The number of anilines is 1. The third-order valence-corrected chi connectivity index (χ3v) is 6.57. The summed E-state index contributed by atoms with van der Waals surface area (Å²) < 4.78 is 20.9. The Hall–Kier alpha value is -2.37. The minimum absolute atomic E-state index is 0.0534. The Bertz CT molecular complexity index is 986. The van der Waals surface area contributed by atoms with Crippen LogP contribution >= 0.6 is 22.6 Å². The Morgan fingerprint density at radius 3 is 2.45 bits per heavy atom. The van der Waals surface area contributed by atoms with Crippen LogP contribution in [0.3, 0.4) is 0 Å². The van der Waals surface area contributed by atoms with Crippen LogP contribution < -0.4 is 15.0 Å². The van der Waals surface area contributed by atoms with E-state index in [2.05, 4.69) is 37.9 Å². The number of carbonyl (C=O) groups is 2. The van der Waals surface area contributed by atoms with Gasteiger partial charge in [-0.1, -0.05) is 0 Å². The molecule has 31 heavy (non-hydrogen) atoms. The Balaban J connectivity index is 1.72. The highest BCUT2D eigenvalue weighted by molar-refractivity contribution is 14.1. The molecule has 1 fully saturated rings. The predicted octanol–water partition coefficient (Wildman–Crippen LogP) is 2.29. The van der Waals surface area contributed by atoms with Gasteiger partial charge >= 0.3 is 0 Å². The summed E-state index contributed by atoms with van der Waals surface area (Å²) in [5.74, 6) is 0.486. The van der Waals surface area contributed by atoms with E-state index in [9.17, 15) is 14.0 Å². The number of carbonyl (C=O) groups excluding carboxylic acids is 2. The van der Waals surface area contributed by atoms with Gasteiger partial charge < -0.3 is 19.9 Å². The summed E-state index contributed by atoms with van der Waals surface area (Å²) in [5, 5.41) is 6.90. The summed E-state index contributed by atoms with van der Waals surface area (Å²) >= 11 is 2.15. The van der Waals surface area contributed by atoms with E-state index in [-0.39, 0.29) is 18.4 Å². The lowest BCUT2D eigenvalue weighted by atomic mass is 10.1. The van der Waals surface area contributed by atoms with Crippen molar-refractivity contribution in [1.82, 2.24) is 20.0 Å². The number of aromatic nitrogens is 2. The molecule has 0 unspecified atom stereocenters. The molecule has 1 aliphatic heterocycles. The fourth-order valence-corrected chi connectivity index (χ4v) is 4.37. The van der Waals surface area contributed by atoms with Crippen LogP contribution in [0, 0.1) is 17.4 Å². The molecule has 0 saturated carbocycles. The van der Waals surface area contributed by atoms with Crippen LogP contribution in [0.4, 0.5) is 10.1 Å². The van der Waals surface area contributed by atoms with Gasteiger partial charge in [0.15, 0.2) is 0 Å². The zero-order valence-corrected chi connectivity index (χ0v) is 20.3. The van der Waals surface area contributed by atoms with Gasteiger partial charge in [0.05, 0.1) is 27.6 Å². The van der Waals surface area contributed by atoms with Crippen molar-refractivity contribution in [3.05, 3.63) is 38.2 Å². The number of alkyl halides is 1. The molecule has 1 aliphatic rings. The van der Waals surface area contributed by atoms with Gasteiger partial charge in [-0.3, -0.25) is 14.3 Å². The highest BCUT2D eigenvalue weighted by atomic mass is 127. The van der Waals surface area contributed by atoms with Crippen LogP contribution in [-0.2, 0) is 18.0 Å². The third kappa shape index (κ3) is 4.78. The molecule has 2 heterocycles. The topological polar surface area (TPSA) is 79.7 Å². The number of amides is 2. The number of hydrogen-bond acceptors (Lipinski definition) is 5. The van der Waals surface area contributed by atoms with Crippen molar-refractivity contribution in [2.45, 2.75) is 27.1 Å². The van der Waals surface area contributed by atoms with E-state index in [1.54, 1.807) is 23.7 Å².